The number of rotatable bonds is 7. The highest BCUT2D eigenvalue weighted by Gasteiger charge is 2.00. The van der Waals surface area contributed by atoms with Crippen LogP contribution in [0.2, 0.25) is 0 Å². The first-order valence-electron chi connectivity index (χ1n) is 6.38. The SMILES string of the molecule is C[n+]1ccn(CCN)c1.NCCCC[C@H](N)C(=O)[O-]. The molecular weight excluding hydrogens is 246 g/mol. The quantitative estimate of drug-likeness (QED) is 0.372. The van der Waals surface area contributed by atoms with Crippen LogP contribution in [-0.2, 0) is 18.4 Å². The molecule has 110 valence electrons. The number of aliphatic carboxylic acids is 1. The van der Waals surface area contributed by atoms with Crippen molar-refractivity contribution in [3.8, 4) is 0 Å². The normalized spacial score (nSPS) is 11.6. The third-order valence-electron chi connectivity index (χ3n) is 2.48. The predicted molar refractivity (Wildman–Crippen MR) is 70.6 cm³/mol. The van der Waals surface area contributed by atoms with Gasteiger partial charge in [0.05, 0.1) is 13.0 Å². The molecule has 0 aliphatic carbocycles. The monoisotopic (exact) mass is 271 g/mol. The summed E-state index contributed by atoms with van der Waals surface area (Å²) in [6, 6.07) is -0.827. The summed E-state index contributed by atoms with van der Waals surface area (Å²) in [5.41, 5.74) is 15.7. The van der Waals surface area contributed by atoms with Gasteiger partial charge in [-0.2, -0.15) is 0 Å². The number of hydrogen-bond donors (Lipinski definition) is 3. The highest BCUT2D eigenvalue weighted by molar-refractivity contribution is 5.70. The van der Waals surface area contributed by atoms with E-state index in [1.54, 1.807) is 0 Å². The number of aryl methyl sites for hydroxylation is 1. The van der Waals surface area contributed by atoms with Crippen molar-refractivity contribution < 1.29 is 14.5 Å². The molecule has 1 aromatic heterocycles. The van der Waals surface area contributed by atoms with Crippen LogP contribution in [0.4, 0.5) is 0 Å². The molecule has 0 spiro atoms. The van der Waals surface area contributed by atoms with E-state index in [2.05, 4.69) is 4.57 Å². The predicted octanol–water partition coefficient (Wildman–Crippen LogP) is -2.54. The Balaban J connectivity index is 0.000000342. The van der Waals surface area contributed by atoms with Crippen molar-refractivity contribution in [1.29, 1.82) is 0 Å². The maximum Gasteiger partial charge on any atom is 0.243 e. The van der Waals surface area contributed by atoms with Crippen molar-refractivity contribution in [2.75, 3.05) is 13.1 Å². The topological polar surface area (TPSA) is 127 Å². The molecule has 0 saturated heterocycles. The lowest BCUT2D eigenvalue weighted by Crippen LogP contribution is -2.41. The van der Waals surface area contributed by atoms with Gasteiger partial charge in [-0.25, -0.2) is 9.13 Å². The summed E-state index contributed by atoms with van der Waals surface area (Å²) in [5, 5.41) is 10.0. The van der Waals surface area contributed by atoms with E-state index in [-0.39, 0.29) is 0 Å². The molecule has 7 nitrogen and oxygen atoms in total. The van der Waals surface area contributed by atoms with Crippen molar-refractivity contribution in [3.05, 3.63) is 18.7 Å². The third kappa shape index (κ3) is 9.18. The Morgan fingerprint density at radius 1 is 1.37 bits per heavy atom. The second kappa shape index (κ2) is 10.5. The number of carbonyl (C=O) groups is 1. The Labute approximate surface area is 114 Å². The number of nitrogens with two attached hydrogens (primary N) is 3. The van der Waals surface area contributed by atoms with Gasteiger partial charge in [-0.15, -0.1) is 0 Å². The molecule has 0 radical (unpaired) electrons. The number of carboxylic acids is 1. The van der Waals surface area contributed by atoms with E-state index in [1.165, 1.54) is 0 Å². The summed E-state index contributed by atoms with van der Waals surface area (Å²) in [6.45, 7) is 2.19. The Hall–Kier alpha value is -1.44. The maximum absolute atomic E-state index is 10.0. The first kappa shape index (κ1) is 17.6. The zero-order valence-corrected chi connectivity index (χ0v) is 11.5. The molecule has 1 rings (SSSR count). The van der Waals surface area contributed by atoms with Crippen LogP contribution in [0.3, 0.4) is 0 Å². The van der Waals surface area contributed by atoms with Gasteiger partial charge in [-0.05, 0) is 19.4 Å². The van der Waals surface area contributed by atoms with Gasteiger partial charge in [0.1, 0.15) is 18.9 Å². The van der Waals surface area contributed by atoms with Crippen molar-refractivity contribution in [2.24, 2.45) is 24.2 Å². The molecule has 1 aromatic rings. The van der Waals surface area contributed by atoms with Gasteiger partial charge < -0.3 is 27.1 Å². The molecule has 0 aliphatic heterocycles. The number of hydrogen-bond acceptors (Lipinski definition) is 5. The Morgan fingerprint density at radius 3 is 2.47 bits per heavy atom. The van der Waals surface area contributed by atoms with Gasteiger partial charge in [-0.1, -0.05) is 6.42 Å². The minimum atomic E-state index is -1.18. The molecule has 0 unspecified atom stereocenters. The highest BCUT2D eigenvalue weighted by Crippen LogP contribution is 1.95. The number of carbonyl (C=O) groups excluding carboxylic acids is 1. The van der Waals surface area contributed by atoms with Crippen LogP contribution in [0.25, 0.3) is 0 Å². The largest absolute Gasteiger partial charge is 0.548 e. The molecule has 0 aromatic carbocycles. The Morgan fingerprint density at radius 2 is 2.05 bits per heavy atom. The summed E-state index contributed by atoms with van der Waals surface area (Å²) in [5.74, 6) is -1.18. The highest BCUT2D eigenvalue weighted by atomic mass is 16.4. The number of carboxylic acid groups (broad SMARTS) is 1. The minimum absolute atomic E-state index is 0.458. The molecule has 1 atom stereocenters. The fourth-order valence-electron chi connectivity index (χ4n) is 1.41. The van der Waals surface area contributed by atoms with E-state index in [9.17, 15) is 9.90 Å². The van der Waals surface area contributed by atoms with Gasteiger partial charge in [0, 0.05) is 12.6 Å². The van der Waals surface area contributed by atoms with Crippen LogP contribution in [0, 0.1) is 0 Å². The molecule has 0 saturated carbocycles. The first-order valence-corrected chi connectivity index (χ1v) is 6.38. The van der Waals surface area contributed by atoms with Gasteiger partial charge in [0.25, 0.3) is 0 Å². The van der Waals surface area contributed by atoms with Crippen LogP contribution in [0.5, 0.6) is 0 Å². The van der Waals surface area contributed by atoms with Crippen molar-refractivity contribution >= 4 is 5.97 Å². The van der Waals surface area contributed by atoms with Crippen molar-refractivity contribution in [1.82, 2.24) is 4.57 Å². The maximum atomic E-state index is 10.0. The smallest absolute Gasteiger partial charge is 0.243 e. The van der Waals surface area contributed by atoms with Crippen LogP contribution < -0.4 is 26.9 Å². The summed E-state index contributed by atoms with van der Waals surface area (Å²) in [6.07, 6.45) is 8.04. The van der Waals surface area contributed by atoms with Crippen LogP contribution in [-0.4, -0.2) is 29.7 Å². The number of nitrogens with zero attached hydrogens (tertiary/aromatic N) is 2. The van der Waals surface area contributed by atoms with E-state index in [0.717, 1.165) is 19.4 Å². The molecule has 0 aliphatic rings. The average Bonchev–Trinajstić information content (AvgIpc) is 2.76. The first-order chi connectivity index (χ1) is 9.01. The number of unbranched alkanes of at least 4 members (excludes halogenated alkanes) is 1. The minimum Gasteiger partial charge on any atom is -0.548 e. The zero-order chi connectivity index (χ0) is 14.7. The van der Waals surface area contributed by atoms with Gasteiger partial charge in [0.2, 0.25) is 6.33 Å². The van der Waals surface area contributed by atoms with E-state index in [1.807, 2.05) is 30.3 Å². The van der Waals surface area contributed by atoms with Crippen LogP contribution in [0.15, 0.2) is 18.7 Å². The fourth-order valence-corrected chi connectivity index (χ4v) is 1.41. The summed E-state index contributed by atoms with van der Waals surface area (Å²) < 4.78 is 4.05. The molecule has 0 bridgehead atoms. The Bertz CT molecular complexity index is 354. The van der Waals surface area contributed by atoms with E-state index < -0.39 is 12.0 Å². The van der Waals surface area contributed by atoms with E-state index in [4.69, 9.17) is 17.2 Å². The molecular formula is C12H25N5O2. The van der Waals surface area contributed by atoms with Crippen LogP contribution >= 0.6 is 0 Å². The molecule has 7 heteroatoms. The lowest BCUT2D eigenvalue weighted by Gasteiger charge is -2.10. The number of aromatic nitrogens is 2. The Kier molecular flexibility index (Phi) is 9.69. The van der Waals surface area contributed by atoms with Crippen molar-refractivity contribution in [2.45, 2.75) is 31.8 Å². The number of imidazole rings is 1. The average molecular weight is 271 g/mol. The van der Waals surface area contributed by atoms with E-state index in [0.29, 0.717) is 19.5 Å². The summed E-state index contributed by atoms with van der Waals surface area (Å²) in [4.78, 5) is 10.0. The molecule has 6 N–H and O–H groups in total. The van der Waals surface area contributed by atoms with Crippen LogP contribution in [0.1, 0.15) is 19.3 Å². The molecule has 0 amide bonds. The van der Waals surface area contributed by atoms with E-state index >= 15 is 0 Å². The molecule has 1 heterocycles. The zero-order valence-electron chi connectivity index (χ0n) is 11.5. The second-order valence-corrected chi connectivity index (χ2v) is 4.32. The summed E-state index contributed by atoms with van der Waals surface area (Å²) in [7, 11) is 1.99. The van der Waals surface area contributed by atoms with Crippen molar-refractivity contribution in [3.63, 3.8) is 0 Å². The lowest BCUT2D eigenvalue weighted by molar-refractivity contribution is -0.671. The fraction of sp³-hybridized carbons (Fsp3) is 0.667. The molecule has 0 fully saturated rings. The second-order valence-electron chi connectivity index (χ2n) is 4.32. The van der Waals surface area contributed by atoms with Gasteiger partial charge >= 0.3 is 0 Å². The standard InChI is InChI=1S/C6H12N3.C6H14N2O2/c1-8-4-5-9(6-8)3-2-7;7-4-2-1-3-5(8)6(9)10/h4-6H,2-3,7H2,1H3;5H,1-4,7-8H2,(H,9,10)/q+1;/p-1/t;5-/m.0/s1. The molecule has 19 heavy (non-hydrogen) atoms. The van der Waals surface area contributed by atoms with Gasteiger partial charge in [0.15, 0.2) is 0 Å². The lowest BCUT2D eigenvalue weighted by atomic mass is 10.1. The van der Waals surface area contributed by atoms with Gasteiger partial charge in [-0.3, -0.25) is 0 Å². The summed E-state index contributed by atoms with van der Waals surface area (Å²) >= 11 is 0. The third-order valence-corrected chi connectivity index (χ3v) is 2.48.